The lowest BCUT2D eigenvalue weighted by Gasteiger charge is -2.14. The average Bonchev–Trinajstić information content (AvgIpc) is 2.48. The molecule has 1 rings (SSSR count). The Morgan fingerprint density at radius 3 is 1.18 bits per heavy atom. The van der Waals surface area contributed by atoms with Gasteiger partial charge in [-0.2, -0.15) is 0 Å². The molecule has 0 fully saturated rings. The highest BCUT2D eigenvalue weighted by Crippen LogP contribution is 2.21. The van der Waals surface area contributed by atoms with Gasteiger partial charge >= 0.3 is 11.9 Å². The molecule has 0 heterocycles. The van der Waals surface area contributed by atoms with Crippen LogP contribution in [-0.4, -0.2) is 69.0 Å². The molecule has 1 aromatic rings. The molecule has 124 valence electrons. The second-order valence-corrected chi connectivity index (χ2v) is 4.12. The molecule has 0 amide bonds. The van der Waals surface area contributed by atoms with Crippen molar-refractivity contribution in [1.82, 2.24) is 0 Å². The quantitative estimate of drug-likeness (QED) is 0.379. The number of aliphatic hydroxyl groups is 4. The zero-order chi connectivity index (χ0) is 17.1. The highest BCUT2D eigenvalue weighted by Gasteiger charge is 2.19. The number of carbonyl (C=O) groups is 2. The summed E-state index contributed by atoms with van der Waals surface area (Å²) in [5, 5.41) is 51.2. The van der Waals surface area contributed by atoms with Crippen molar-refractivity contribution in [3.05, 3.63) is 34.4 Å². The molecule has 0 aliphatic heterocycles. The molecule has 22 heavy (non-hydrogen) atoms. The highest BCUT2D eigenvalue weighted by atomic mass is 16.4. The number of carboxylic acids is 2. The van der Waals surface area contributed by atoms with Crippen molar-refractivity contribution < 1.29 is 40.2 Å². The van der Waals surface area contributed by atoms with Crippen LogP contribution >= 0.6 is 0 Å². The first-order chi connectivity index (χ1) is 10.4. The van der Waals surface area contributed by atoms with E-state index in [1.54, 1.807) is 0 Å². The molecule has 0 saturated heterocycles. The van der Waals surface area contributed by atoms with E-state index in [1.807, 2.05) is 0 Å². The number of hydrogen-bond donors (Lipinski definition) is 6. The van der Waals surface area contributed by atoms with Gasteiger partial charge in [-0.1, -0.05) is 0 Å². The number of carboxylic acid groups (broad SMARTS) is 2. The van der Waals surface area contributed by atoms with Crippen molar-refractivity contribution in [2.45, 2.75) is 12.8 Å². The summed E-state index contributed by atoms with van der Waals surface area (Å²) in [7, 11) is 0. The van der Waals surface area contributed by atoms with Crippen LogP contribution in [0.1, 0.15) is 31.8 Å². The zero-order valence-electron chi connectivity index (χ0n) is 11.9. The van der Waals surface area contributed by atoms with Crippen LogP contribution in [0, 0.1) is 0 Å². The van der Waals surface area contributed by atoms with Crippen molar-refractivity contribution >= 4 is 11.9 Å². The van der Waals surface area contributed by atoms with Gasteiger partial charge in [0.2, 0.25) is 0 Å². The molecule has 8 heteroatoms. The second-order valence-electron chi connectivity index (χ2n) is 4.12. The number of benzene rings is 1. The third kappa shape index (κ3) is 5.78. The molecule has 0 radical (unpaired) electrons. The van der Waals surface area contributed by atoms with Gasteiger partial charge < -0.3 is 30.6 Å². The molecule has 6 N–H and O–H groups in total. The SMILES string of the molecule is O=C(O)c1ccc(C(=O)O)c(CCO)c1CCO.OCCO. The first-order valence-electron chi connectivity index (χ1n) is 6.49. The van der Waals surface area contributed by atoms with Gasteiger partial charge in [-0.05, 0) is 36.1 Å². The Balaban J connectivity index is 0.000000980. The van der Waals surface area contributed by atoms with Crippen molar-refractivity contribution in [3.8, 4) is 0 Å². The van der Waals surface area contributed by atoms with E-state index in [-0.39, 0.29) is 61.5 Å². The first kappa shape index (κ1) is 20.0. The summed E-state index contributed by atoms with van der Waals surface area (Å²) in [5.41, 5.74) is 0.438. The summed E-state index contributed by atoms with van der Waals surface area (Å²) < 4.78 is 0. The standard InChI is InChI=1S/C12H14O6.C2H6O2/c13-5-3-7-8(4-6-14)10(12(17)18)2-1-9(7)11(15)16;3-1-2-4/h1-2,13-14H,3-6H2,(H,15,16)(H,17,18);3-4H,1-2H2. The third-order valence-corrected chi connectivity index (χ3v) is 2.72. The summed E-state index contributed by atoms with van der Waals surface area (Å²) in [6, 6.07) is 2.41. The number of aromatic carboxylic acids is 2. The molecule has 1 aromatic carbocycles. The highest BCUT2D eigenvalue weighted by molar-refractivity contribution is 5.95. The van der Waals surface area contributed by atoms with E-state index in [0.717, 1.165) is 0 Å². The summed E-state index contributed by atoms with van der Waals surface area (Å²) >= 11 is 0. The smallest absolute Gasteiger partial charge is 0.335 e. The van der Waals surface area contributed by atoms with Gasteiger partial charge in [0.1, 0.15) is 0 Å². The third-order valence-electron chi connectivity index (χ3n) is 2.72. The molecule has 0 bridgehead atoms. The molecule has 0 aliphatic rings. The van der Waals surface area contributed by atoms with Crippen LogP contribution < -0.4 is 0 Å². The number of rotatable bonds is 7. The monoisotopic (exact) mass is 316 g/mol. The fraction of sp³-hybridized carbons (Fsp3) is 0.429. The van der Waals surface area contributed by atoms with E-state index in [9.17, 15) is 9.59 Å². The van der Waals surface area contributed by atoms with Crippen LogP contribution in [0.15, 0.2) is 12.1 Å². The molecule has 0 aliphatic carbocycles. The average molecular weight is 316 g/mol. The maximum absolute atomic E-state index is 11.0. The van der Waals surface area contributed by atoms with E-state index >= 15 is 0 Å². The van der Waals surface area contributed by atoms with Crippen molar-refractivity contribution in [1.29, 1.82) is 0 Å². The minimum Gasteiger partial charge on any atom is -0.478 e. The van der Waals surface area contributed by atoms with Gasteiger partial charge in [0.25, 0.3) is 0 Å². The Kier molecular flexibility index (Phi) is 9.72. The number of hydrogen-bond acceptors (Lipinski definition) is 6. The summed E-state index contributed by atoms with van der Waals surface area (Å²) in [5.74, 6) is -2.37. The van der Waals surface area contributed by atoms with Gasteiger partial charge in [0, 0.05) is 13.2 Å². The lowest BCUT2D eigenvalue weighted by atomic mass is 9.92. The molecule has 8 nitrogen and oxygen atoms in total. The van der Waals surface area contributed by atoms with Crippen LogP contribution in [0.2, 0.25) is 0 Å². The van der Waals surface area contributed by atoms with Gasteiger partial charge in [-0.15, -0.1) is 0 Å². The molecular weight excluding hydrogens is 296 g/mol. The molecule has 0 unspecified atom stereocenters. The van der Waals surface area contributed by atoms with E-state index in [0.29, 0.717) is 0 Å². The Labute approximate surface area is 126 Å². The fourth-order valence-corrected chi connectivity index (χ4v) is 1.89. The Bertz CT molecular complexity index is 453. The van der Waals surface area contributed by atoms with Gasteiger partial charge in [0.05, 0.1) is 24.3 Å². The predicted octanol–water partition coefficient (Wildman–Crippen LogP) is -0.876. The largest absolute Gasteiger partial charge is 0.478 e. The van der Waals surface area contributed by atoms with Gasteiger partial charge in [-0.3, -0.25) is 0 Å². The molecule has 0 atom stereocenters. The lowest BCUT2D eigenvalue weighted by molar-refractivity contribution is 0.0678. The number of aliphatic hydroxyl groups excluding tert-OH is 4. The van der Waals surface area contributed by atoms with Crippen LogP contribution in [0.5, 0.6) is 0 Å². The lowest BCUT2D eigenvalue weighted by Crippen LogP contribution is -2.14. The van der Waals surface area contributed by atoms with Crippen LogP contribution in [0.3, 0.4) is 0 Å². The zero-order valence-corrected chi connectivity index (χ0v) is 11.9. The van der Waals surface area contributed by atoms with Crippen LogP contribution in [-0.2, 0) is 12.8 Å². The molecule has 0 saturated carbocycles. The summed E-state index contributed by atoms with van der Waals surface area (Å²) in [4.78, 5) is 22.1. The minimum absolute atomic E-state index is 0.0398. The van der Waals surface area contributed by atoms with Crippen molar-refractivity contribution in [2.75, 3.05) is 26.4 Å². The summed E-state index contributed by atoms with van der Waals surface area (Å²) in [6.07, 6.45) is 0.0795. The Morgan fingerprint density at radius 1 is 0.682 bits per heavy atom. The Hall–Kier alpha value is -2.00. The van der Waals surface area contributed by atoms with E-state index < -0.39 is 11.9 Å². The van der Waals surface area contributed by atoms with Gasteiger partial charge in [0.15, 0.2) is 0 Å². The van der Waals surface area contributed by atoms with Crippen molar-refractivity contribution in [2.24, 2.45) is 0 Å². The summed E-state index contributed by atoms with van der Waals surface area (Å²) in [6.45, 7) is -0.830. The molecule has 0 spiro atoms. The maximum Gasteiger partial charge on any atom is 0.335 e. The second kappa shape index (κ2) is 10.7. The van der Waals surface area contributed by atoms with Crippen LogP contribution in [0.25, 0.3) is 0 Å². The predicted molar refractivity (Wildman–Crippen MR) is 76.1 cm³/mol. The normalized spacial score (nSPS) is 9.82. The van der Waals surface area contributed by atoms with Gasteiger partial charge in [-0.25, -0.2) is 9.59 Å². The minimum atomic E-state index is -1.19. The van der Waals surface area contributed by atoms with E-state index in [1.165, 1.54) is 12.1 Å². The fourth-order valence-electron chi connectivity index (χ4n) is 1.89. The van der Waals surface area contributed by atoms with Crippen LogP contribution in [0.4, 0.5) is 0 Å². The van der Waals surface area contributed by atoms with Crippen molar-refractivity contribution in [3.63, 3.8) is 0 Å². The van der Waals surface area contributed by atoms with E-state index in [4.69, 9.17) is 30.6 Å². The maximum atomic E-state index is 11.0. The van der Waals surface area contributed by atoms with E-state index in [2.05, 4.69) is 0 Å². The Morgan fingerprint density at radius 2 is 1.00 bits per heavy atom. The molecular formula is C14H20O8. The first-order valence-corrected chi connectivity index (χ1v) is 6.49. The molecule has 0 aromatic heterocycles. The topological polar surface area (TPSA) is 156 Å².